The molecule has 5 aliphatic rings. The number of benzene rings is 1. The van der Waals surface area contributed by atoms with E-state index in [4.69, 9.17) is 4.74 Å². The first-order chi connectivity index (χ1) is 18.2. The lowest BCUT2D eigenvalue weighted by atomic mass is 9.34. The number of allylic oxidation sites excluding steroid dienone is 2. The molecule has 212 valence electrons. The molecule has 2 heteroatoms. The molecule has 7 rings (SSSR count). The molecule has 39 heavy (non-hydrogen) atoms. The highest BCUT2D eigenvalue weighted by Gasteiger charge is 2.67. The molecule has 5 aliphatic carbocycles. The zero-order chi connectivity index (χ0) is 27.8. The van der Waals surface area contributed by atoms with Gasteiger partial charge in [0.05, 0.1) is 7.11 Å². The minimum absolute atomic E-state index is 0.138. The number of nitrogens with one attached hydrogen (secondary N) is 1. The van der Waals surface area contributed by atoms with Crippen molar-refractivity contribution in [2.24, 2.45) is 44.8 Å². The molecule has 0 spiro atoms. The molecule has 0 bridgehead atoms. The number of rotatable bonds is 1. The van der Waals surface area contributed by atoms with E-state index in [9.17, 15) is 0 Å². The standard InChI is InChI=1S/C37H53NO/c1-32(2)16-17-34(5)18-19-36(7)26(27(34)22-32)11-13-30-35(6)21-25-24-20-23(39-9)10-12-28(24)38-31(25)33(3,4)29(35)14-15-37(30,36)8/h10-12,20,27,29-30,38H,13-19,21-22H2,1-9H3/t27-,29+,30?,34-,35+,36-,37-/m1/s1. The van der Waals surface area contributed by atoms with Gasteiger partial charge in [0.1, 0.15) is 5.75 Å². The van der Waals surface area contributed by atoms with Gasteiger partial charge in [-0.3, -0.25) is 0 Å². The fourth-order valence-electron chi connectivity index (χ4n) is 12.0. The van der Waals surface area contributed by atoms with E-state index in [0.717, 1.165) is 17.6 Å². The second-order valence-corrected chi connectivity index (χ2v) is 17.2. The van der Waals surface area contributed by atoms with Crippen LogP contribution in [-0.2, 0) is 11.8 Å². The minimum Gasteiger partial charge on any atom is -0.497 e. The van der Waals surface area contributed by atoms with E-state index < -0.39 is 0 Å². The number of hydrogen-bond donors (Lipinski definition) is 1. The monoisotopic (exact) mass is 527 g/mol. The summed E-state index contributed by atoms with van der Waals surface area (Å²) in [5, 5.41) is 1.39. The number of aromatic amines is 1. The molecule has 1 aromatic carbocycles. The molecule has 1 heterocycles. The maximum atomic E-state index is 5.69. The van der Waals surface area contributed by atoms with Crippen LogP contribution < -0.4 is 4.74 Å². The highest BCUT2D eigenvalue weighted by molar-refractivity contribution is 5.87. The molecule has 2 aromatic rings. The molecule has 1 aromatic heterocycles. The molecule has 1 unspecified atom stereocenters. The number of aromatic nitrogens is 1. The number of H-pyrrole nitrogens is 1. The third kappa shape index (κ3) is 3.21. The molecular formula is C37H53NO. The van der Waals surface area contributed by atoms with Gasteiger partial charge < -0.3 is 9.72 Å². The Morgan fingerprint density at radius 3 is 2.36 bits per heavy atom. The van der Waals surface area contributed by atoms with E-state index in [1.165, 1.54) is 74.4 Å². The Balaban J connectivity index is 1.35. The van der Waals surface area contributed by atoms with Crippen molar-refractivity contribution in [3.05, 3.63) is 41.1 Å². The average molecular weight is 528 g/mol. The number of fused-ring (bicyclic) bond motifs is 10. The summed E-state index contributed by atoms with van der Waals surface area (Å²) < 4.78 is 5.69. The Morgan fingerprint density at radius 1 is 0.872 bits per heavy atom. The van der Waals surface area contributed by atoms with Crippen molar-refractivity contribution in [1.29, 1.82) is 0 Å². The molecule has 0 amide bonds. The van der Waals surface area contributed by atoms with Gasteiger partial charge in [-0.1, -0.05) is 67.0 Å². The van der Waals surface area contributed by atoms with Crippen molar-refractivity contribution in [1.82, 2.24) is 4.98 Å². The first kappa shape index (κ1) is 26.2. The summed E-state index contributed by atoms with van der Waals surface area (Å²) in [5.41, 5.74) is 8.34. The second-order valence-electron chi connectivity index (χ2n) is 17.2. The van der Waals surface area contributed by atoms with E-state index in [1.807, 2.05) is 5.57 Å². The predicted octanol–water partition coefficient (Wildman–Crippen LogP) is 10.0. The molecule has 3 saturated carbocycles. The largest absolute Gasteiger partial charge is 0.497 e. The van der Waals surface area contributed by atoms with Gasteiger partial charge in [-0.15, -0.1) is 0 Å². The van der Waals surface area contributed by atoms with Crippen LogP contribution in [0.15, 0.2) is 29.8 Å². The molecule has 0 aliphatic heterocycles. The first-order valence-electron chi connectivity index (χ1n) is 16.1. The van der Waals surface area contributed by atoms with Crippen LogP contribution in [0.1, 0.15) is 118 Å². The number of ether oxygens (including phenoxy) is 1. The first-order valence-corrected chi connectivity index (χ1v) is 16.1. The molecule has 0 saturated heterocycles. The third-order valence-corrected chi connectivity index (χ3v) is 14.5. The summed E-state index contributed by atoms with van der Waals surface area (Å²) in [6, 6.07) is 6.64. The summed E-state index contributed by atoms with van der Waals surface area (Å²) in [6.07, 6.45) is 15.0. The fraction of sp³-hybridized carbons (Fsp3) is 0.730. The smallest absolute Gasteiger partial charge is 0.119 e. The van der Waals surface area contributed by atoms with Crippen LogP contribution in [0.25, 0.3) is 10.9 Å². The van der Waals surface area contributed by atoms with E-state index in [1.54, 1.807) is 12.7 Å². The molecule has 2 nitrogen and oxygen atoms in total. The number of hydrogen-bond acceptors (Lipinski definition) is 1. The van der Waals surface area contributed by atoms with Gasteiger partial charge in [-0.05, 0) is 126 Å². The summed E-state index contributed by atoms with van der Waals surface area (Å²) in [6.45, 7) is 21.0. The van der Waals surface area contributed by atoms with Gasteiger partial charge in [-0.25, -0.2) is 0 Å². The lowest BCUT2D eigenvalue weighted by molar-refractivity contribution is -0.158. The van der Waals surface area contributed by atoms with Crippen molar-refractivity contribution < 1.29 is 4.74 Å². The Hall–Kier alpha value is -1.70. The van der Waals surface area contributed by atoms with Gasteiger partial charge in [-0.2, -0.15) is 0 Å². The van der Waals surface area contributed by atoms with Crippen LogP contribution in [0.2, 0.25) is 0 Å². The van der Waals surface area contributed by atoms with Gasteiger partial charge in [0.2, 0.25) is 0 Å². The van der Waals surface area contributed by atoms with E-state index in [-0.39, 0.29) is 5.41 Å². The van der Waals surface area contributed by atoms with Gasteiger partial charge >= 0.3 is 0 Å². The topological polar surface area (TPSA) is 25.0 Å². The minimum atomic E-state index is 0.138. The molecule has 7 atom stereocenters. The Morgan fingerprint density at radius 2 is 1.62 bits per heavy atom. The van der Waals surface area contributed by atoms with E-state index in [2.05, 4.69) is 84.6 Å². The molecule has 1 N–H and O–H groups in total. The summed E-state index contributed by atoms with van der Waals surface area (Å²) >= 11 is 0. The fourth-order valence-corrected chi connectivity index (χ4v) is 12.0. The van der Waals surface area contributed by atoms with Crippen LogP contribution in [0.5, 0.6) is 5.75 Å². The normalized spacial score (nSPS) is 43.8. The molecule has 3 fully saturated rings. The van der Waals surface area contributed by atoms with Gasteiger partial charge in [0, 0.05) is 22.0 Å². The van der Waals surface area contributed by atoms with Crippen molar-refractivity contribution in [3.8, 4) is 5.75 Å². The van der Waals surface area contributed by atoms with Crippen molar-refractivity contribution >= 4 is 10.9 Å². The maximum absolute atomic E-state index is 5.69. The van der Waals surface area contributed by atoms with Crippen molar-refractivity contribution in [2.75, 3.05) is 7.11 Å². The highest BCUT2D eigenvalue weighted by atomic mass is 16.5. The predicted molar refractivity (Wildman–Crippen MR) is 163 cm³/mol. The van der Waals surface area contributed by atoms with Gasteiger partial charge in [0.25, 0.3) is 0 Å². The summed E-state index contributed by atoms with van der Waals surface area (Å²) in [4.78, 5) is 3.92. The quantitative estimate of drug-likeness (QED) is 0.367. The highest BCUT2D eigenvalue weighted by Crippen LogP contribution is 2.75. The maximum Gasteiger partial charge on any atom is 0.119 e. The van der Waals surface area contributed by atoms with Gasteiger partial charge in [0.15, 0.2) is 0 Å². The number of methoxy groups -OCH3 is 1. The Kier molecular flexibility index (Phi) is 5.22. The lowest BCUT2D eigenvalue weighted by Crippen LogP contribution is -2.64. The van der Waals surface area contributed by atoms with Crippen LogP contribution in [-0.4, -0.2) is 12.1 Å². The van der Waals surface area contributed by atoms with Crippen LogP contribution in [0.4, 0.5) is 0 Å². The zero-order valence-electron chi connectivity index (χ0n) is 26.3. The molecular weight excluding hydrogens is 474 g/mol. The van der Waals surface area contributed by atoms with E-state index >= 15 is 0 Å². The third-order valence-electron chi connectivity index (χ3n) is 14.5. The van der Waals surface area contributed by atoms with Crippen LogP contribution in [0, 0.1) is 44.8 Å². The Labute approximate surface area is 237 Å². The lowest BCUT2D eigenvalue weighted by Gasteiger charge is -2.70. The van der Waals surface area contributed by atoms with Crippen molar-refractivity contribution in [3.63, 3.8) is 0 Å². The zero-order valence-corrected chi connectivity index (χ0v) is 26.3. The van der Waals surface area contributed by atoms with Crippen LogP contribution >= 0.6 is 0 Å². The Bertz CT molecular complexity index is 1380. The van der Waals surface area contributed by atoms with Crippen LogP contribution in [0.3, 0.4) is 0 Å². The average Bonchev–Trinajstić information content (AvgIpc) is 3.23. The SMILES string of the molecule is COc1ccc2[nH]c3c(c2c1)C[C@]1(C)C2CC=C4[C@H]5CC(C)(C)CC[C@]5(C)CC[C@@]4(C)[C@]2(C)CC[C@H]1C3(C)C. The molecule has 0 radical (unpaired) electrons. The second kappa shape index (κ2) is 7.77. The van der Waals surface area contributed by atoms with Crippen molar-refractivity contribution in [2.45, 2.75) is 119 Å². The van der Waals surface area contributed by atoms with E-state index in [0.29, 0.717) is 33.0 Å². The summed E-state index contributed by atoms with van der Waals surface area (Å²) in [5.74, 6) is 3.17. The summed E-state index contributed by atoms with van der Waals surface area (Å²) in [7, 11) is 1.79.